The molecule has 0 spiro atoms. The normalized spacial score (nSPS) is 11.4. The quantitative estimate of drug-likeness (QED) is 0.252. The molecule has 0 unspecified atom stereocenters. The highest BCUT2D eigenvalue weighted by Crippen LogP contribution is 2.21. The van der Waals surface area contributed by atoms with Gasteiger partial charge in [0.25, 0.3) is 0 Å². The SMILES string of the molecule is CN=C(NCCCOCC(C)C)NCc1ccc(Br)s1.I. The van der Waals surface area contributed by atoms with Gasteiger partial charge in [0, 0.05) is 31.7 Å². The van der Waals surface area contributed by atoms with E-state index in [1.165, 1.54) is 4.88 Å². The summed E-state index contributed by atoms with van der Waals surface area (Å²) in [5, 5.41) is 6.58. The first-order valence-corrected chi connectivity index (χ1v) is 8.49. The molecular formula is C14H25BrIN3OS. The standard InChI is InChI=1S/C14H24BrN3OS.HI/c1-11(2)10-19-8-4-7-17-14(16-3)18-9-12-5-6-13(15)20-12;/h5-6,11H,4,7-10H2,1-3H3,(H2,16,17,18);1H. The predicted molar refractivity (Wildman–Crippen MR) is 106 cm³/mol. The molecule has 21 heavy (non-hydrogen) atoms. The molecule has 7 heteroatoms. The summed E-state index contributed by atoms with van der Waals surface area (Å²) in [5.41, 5.74) is 0. The lowest BCUT2D eigenvalue weighted by Gasteiger charge is -2.11. The van der Waals surface area contributed by atoms with Gasteiger partial charge in [-0.3, -0.25) is 4.99 Å². The molecule has 2 N–H and O–H groups in total. The third-order valence-corrected chi connectivity index (χ3v) is 4.12. The number of nitrogens with one attached hydrogen (secondary N) is 2. The number of rotatable bonds is 8. The Morgan fingerprint density at radius 2 is 2.14 bits per heavy atom. The van der Waals surface area contributed by atoms with Crippen LogP contribution < -0.4 is 10.6 Å². The van der Waals surface area contributed by atoms with Crippen molar-refractivity contribution in [1.29, 1.82) is 0 Å². The summed E-state index contributed by atoms with van der Waals surface area (Å²) in [5.74, 6) is 1.43. The summed E-state index contributed by atoms with van der Waals surface area (Å²) in [6.07, 6.45) is 0.984. The molecule has 122 valence electrons. The largest absolute Gasteiger partial charge is 0.381 e. The number of thiophene rings is 1. The van der Waals surface area contributed by atoms with E-state index in [1.807, 2.05) is 0 Å². The van der Waals surface area contributed by atoms with Gasteiger partial charge in [-0.2, -0.15) is 0 Å². The highest BCUT2D eigenvalue weighted by molar-refractivity contribution is 14.0. The summed E-state index contributed by atoms with van der Waals surface area (Å²) >= 11 is 5.19. The lowest BCUT2D eigenvalue weighted by molar-refractivity contribution is 0.108. The zero-order valence-corrected chi connectivity index (χ0v) is 17.6. The number of hydrogen-bond donors (Lipinski definition) is 2. The number of hydrogen-bond acceptors (Lipinski definition) is 3. The molecule has 0 aliphatic carbocycles. The molecule has 1 rings (SSSR count). The van der Waals surface area contributed by atoms with E-state index in [4.69, 9.17) is 4.74 Å². The predicted octanol–water partition coefficient (Wildman–Crippen LogP) is 3.86. The van der Waals surface area contributed by atoms with Crippen molar-refractivity contribution in [3.05, 3.63) is 20.8 Å². The minimum atomic E-state index is 0. The van der Waals surface area contributed by atoms with Gasteiger partial charge in [0.2, 0.25) is 0 Å². The van der Waals surface area contributed by atoms with Crippen LogP contribution in [0.4, 0.5) is 0 Å². The van der Waals surface area contributed by atoms with Crippen LogP contribution in [0.15, 0.2) is 20.9 Å². The van der Waals surface area contributed by atoms with Crippen LogP contribution in [-0.4, -0.2) is 32.8 Å². The maximum absolute atomic E-state index is 5.54. The molecule has 4 nitrogen and oxygen atoms in total. The van der Waals surface area contributed by atoms with Crippen LogP contribution in [0.2, 0.25) is 0 Å². The Labute approximate surface area is 157 Å². The van der Waals surface area contributed by atoms with Gasteiger partial charge >= 0.3 is 0 Å². The van der Waals surface area contributed by atoms with Crippen LogP contribution in [0, 0.1) is 5.92 Å². The fourth-order valence-electron chi connectivity index (χ4n) is 1.54. The monoisotopic (exact) mass is 489 g/mol. The van der Waals surface area contributed by atoms with Gasteiger partial charge in [-0.15, -0.1) is 35.3 Å². The summed E-state index contributed by atoms with van der Waals surface area (Å²) in [4.78, 5) is 5.48. The average molecular weight is 490 g/mol. The van der Waals surface area contributed by atoms with Crippen molar-refractivity contribution < 1.29 is 4.74 Å². The molecule has 0 fully saturated rings. The van der Waals surface area contributed by atoms with E-state index in [0.717, 1.165) is 42.5 Å². The van der Waals surface area contributed by atoms with Gasteiger partial charge in [0.1, 0.15) is 0 Å². The number of guanidine groups is 1. The molecule has 0 radical (unpaired) electrons. The Bertz CT molecular complexity index is 413. The first-order valence-electron chi connectivity index (χ1n) is 6.88. The van der Waals surface area contributed by atoms with E-state index < -0.39 is 0 Å². The van der Waals surface area contributed by atoms with Crippen molar-refractivity contribution in [3.8, 4) is 0 Å². The average Bonchev–Trinajstić information content (AvgIpc) is 2.82. The van der Waals surface area contributed by atoms with E-state index in [9.17, 15) is 0 Å². The minimum Gasteiger partial charge on any atom is -0.381 e. The Morgan fingerprint density at radius 3 is 2.71 bits per heavy atom. The summed E-state index contributed by atoms with van der Waals surface area (Å²) in [6, 6.07) is 4.17. The van der Waals surface area contributed by atoms with Gasteiger partial charge in [0.05, 0.1) is 10.3 Å². The van der Waals surface area contributed by atoms with Crippen molar-refractivity contribution in [2.75, 3.05) is 26.8 Å². The molecule has 0 aliphatic heterocycles. The van der Waals surface area contributed by atoms with E-state index in [-0.39, 0.29) is 24.0 Å². The van der Waals surface area contributed by atoms with Crippen LogP contribution >= 0.6 is 51.2 Å². The van der Waals surface area contributed by atoms with Gasteiger partial charge in [-0.1, -0.05) is 13.8 Å². The number of halogens is 2. The molecule has 0 aliphatic rings. The lowest BCUT2D eigenvalue weighted by Crippen LogP contribution is -2.37. The van der Waals surface area contributed by atoms with Crippen molar-refractivity contribution in [2.45, 2.75) is 26.8 Å². The van der Waals surface area contributed by atoms with E-state index in [0.29, 0.717) is 5.92 Å². The van der Waals surface area contributed by atoms with E-state index in [1.54, 1.807) is 18.4 Å². The maximum Gasteiger partial charge on any atom is 0.191 e. The molecular weight excluding hydrogens is 465 g/mol. The maximum atomic E-state index is 5.54. The fraction of sp³-hybridized carbons (Fsp3) is 0.643. The molecule has 0 saturated heterocycles. The molecule has 0 bridgehead atoms. The van der Waals surface area contributed by atoms with Crippen molar-refractivity contribution >= 4 is 57.2 Å². The van der Waals surface area contributed by atoms with Gasteiger partial charge < -0.3 is 15.4 Å². The van der Waals surface area contributed by atoms with Crippen LogP contribution in [0.1, 0.15) is 25.1 Å². The summed E-state index contributed by atoms with van der Waals surface area (Å²) in [6.45, 7) is 7.60. The Kier molecular flexibility index (Phi) is 12.7. The first kappa shape index (κ1) is 21.1. The first-order chi connectivity index (χ1) is 9.61. The fourth-order valence-corrected chi connectivity index (χ4v) is 2.96. The van der Waals surface area contributed by atoms with E-state index in [2.05, 4.69) is 57.5 Å². The third-order valence-electron chi connectivity index (χ3n) is 2.49. The molecule has 0 aromatic carbocycles. The topological polar surface area (TPSA) is 45.7 Å². The van der Waals surface area contributed by atoms with E-state index >= 15 is 0 Å². The summed E-state index contributed by atoms with van der Waals surface area (Å²) < 4.78 is 6.69. The third kappa shape index (κ3) is 10.5. The Morgan fingerprint density at radius 1 is 1.38 bits per heavy atom. The summed E-state index contributed by atoms with van der Waals surface area (Å²) in [7, 11) is 1.79. The second kappa shape index (κ2) is 12.7. The van der Waals surface area contributed by atoms with Crippen LogP contribution in [0.3, 0.4) is 0 Å². The molecule has 0 amide bonds. The smallest absolute Gasteiger partial charge is 0.191 e. The Hall–Kier alpha value is 0.140. The number of nitrogens with zero attached hydrogens (tertiary/aromatic N) is 1. The second-order valence-corrected chi connectivity index (χ2v) is 7.43. The highest BCUT2D eigenvalue weighted by Gasteiger charge is 2.00. The minimum absolute atomic E-state index is 0. The van der Waals surface area contributed by atoms with Crippen LogP contribution in [-0.2, 0) is 11.3 Å². The van der Waals surface area contributed by atoms with Gasteiger partial charge in [0.15, 0.2) is 5.96 Å². The zero-order chi connectivity index (χ0) is 14.8. The van der Waals surface area contributed by atoms with Crippen LogP contribution in [0.5, 0.6) is 0 Å². The lowest BCUT2D eigenvalue weighted by atomic mass is 10.2. The number of ether oxygens (including phenoxy) is 1. The van der Waals surface area contributed by atoms with Crippen molar-refractivity contribution in [2.24, 2.45) is 10.9 Å². The molecule has 0 saturated carbocycles. The molecule has 1 aromatic rings. The van der Waals surface area contributed by atoms with Gasteiger partial charge in [-0.25, -0.2) is 0 Å². The highest BCUT2D eigenvalue weighted by atomic mass is 127. The second-order valence-electron chi connectivity index (χ2n) is 4.88. The van der Waals surface area contributed by atoms with Crippen molar-refractivity contribution in [1.82, 2.24) is 10.6 Å². The van der Waals surface area contributed by atoms with Crippen molar-refractivity contribution in [3.63, 3.8) is 0 Å². The Balaban J connectivity index is 0.00000400. The van der Waals surface area contributed by atoms with Gasteiger partial charge in [-0.05, 0) is 40.4 Å². The number of aliphatic imine (C=N–C) groups is 1. The molecule has 1 heterocycles. The van der Waals surface area contributed by atoms with Crippen LogP contribution in [0.25, 0.3) is 0 Å². The molecule has 1 aromatic heterocycles. The molecule has 0 atom stereocenters. The zero-order valence-electron chi connectivity index (χ0n) is 12.8.